The zero-order chi connectivity index (χ0) is 17.2. The summed E-state index contributed by atoms with van der Waals surface area (Å²) in [5.74, 6) is -3.12. The molecule has 0 aliphatic heterocycles. The van der Waals surface area contributed by atoms with Gasteiger partial charge in [0.25, 0.3) is 5.79 Å². The lowest BCUT2D eigenvalue weighted by atomic mass is 10.1. The van der Waals surface area contributed by atoms with Crippen LogP contribution in [-0.4, -0.2) is 28.8 Å². The molecule has 126 valence electrons. The lowest BCUT2D eigenvalue weighted by molar-refractivity contribution is -0.213. The predicted molar refractivity (Wildman–Crippen MR) is 81.0 cm³/mol. The lowest BCUT2D eigenvalue weighted by Gasteiger charge is -2.25. The van der Waals surface area contributed by atoms with E-state index in [1.54, 1.807) is 0 Å². The van der Waals surface area contributed by atoms with E-state index in [4.69, 9.17) is 14.6 Å². The van der Waals surface area contributed by atoms with Crippen molar-refractivity contribution >= 4 is 17.9 Å². The van der Waals surface area contributed by atoms with Crippen LogP contribution >= 0.6 is 0 Å². The number of ether oxygens (including phenoxy) is 2. The average Bonchev–Trinajstić information content (AvgIpc) is 2.35. The van der Waals surface area contributed by atoms with Gasteiger partial charge in [0.05, 0.1) is 0 Å². The van der Waals surface area contributed by atoms with E-state index in [-0.39, 0.29) is 18.4 Å². The average molecular weight is 314 g/mol. The van der Waals surface area contributed by atoms with Crippen molar-refractivity contribution in [2.75, 3.05) is 0 Å². The molecule has 0 bridgehead atoms. The van der Waals surface area contributed by atoms with Crippen molar-refractivity contribution in [3.63, 3.8) is 0 Å². The summed E-state index contributed by atoms with van der Waals surface area (Å²) in [5.41, 5.74) is 0.241. The van der Waals surface area contributed by atoms with Crippen molar-refractivity contribution in [3.8, 4) is 0 Å². The maximum Gasteiger partial charge on any atom is 0.336 e. The Balaban J connectivity index is 3.82. The fraction of sp³-hybridized carbons (Fsp3) is 0.688. The van der Waals surface area contributed by atoms with Gasteiger partial charge in [-0.25, -0.2) is 4.79 Å². The predicted octanol–water partition coefficient (Wildman–Crippen LogP) is 3.20. The highest BCUT2D eigenvalue weighted by Crippen LogP contribution is 2.16. The third-order valence-corrected chi connectivity index (χ3v) is 2.82. The third kappa shape index (κ3) is 10.9. The molecule has 0 aliphatic rings. The highest BCUT2D eigenvalue weighted by atomic mass is 16.7. The van der Waals surface area contributed by atoms with Crippen LogP contribution in [0.25, 0.3) is 0 Å². The number of rotatable bonds is 11. The Morgan fingerprint density at radius 2 is 1.45 bits per heavy atom. The zero-order valence-corrected chi connectivity index (χ0v) is 13.6. The van der Waals surface area contributed by atoms with Crippen LogP contribution in [-0.2, 0) is 23.9 Å². The second-order valence-corrected chi connectivity index (χ2v) is 5.71. The van der Waals surface area contributed by atoms with Gasteiger partial charge in [-0.05, 0) is 19.8 Å². The molecule has 0 aromatic rings. The first-order valence-electron chi connectivity index (χ1n) is 7.46. The van der Waals surface area contributed by atoms with Crippen LogP contribution in [0.5, 0.6) is 0 Å². The highest BCUT2D eigenvalue weighted by molar-refractivity contribution is 5.87. The molecule has 0 saturated carbocycles. The maximum atomic E-state index is 11.7. The quantitative estimate of drug-likeness (QED) is 0.272. The first-order chi connectivity index (χ1) is 10.1. The van der Waals surface area contributed by atoms with Crippen molar-refractivity contribution in [1.29, 1.82) is 0 Å². The van der Waals surface area contributed by atoms with Crippen molar-refractivity contribution in [2.24, 2.45) is 0 Å². The number of unbranched alkanes of at least 4 members (excludes halogenated alkanes) is 4. The minimum Gasteiger partial charge on any atom is -0.481 e. The third-order valence-electron chi connectivity index (χ3n) is 2.82. The molecular formula is C16H26O6. The normalized spacial score (nSPS) is 10.9. The molecule has 0 unspecified atom stereocenters. The van der Waals surface area contributed by atoms with E-state index in [0.717, 1.165) is 19.3 Å². The summed E-state index contributed by atoms with van der Waals surface area (Å²) in [6.45, 7) is 7.98. The second kappa shape index (κ2) is 9.97. The smallest absolute Gasteiger partial charge is 0.336 e. The number of carboxylic acid groups (broad SMARTS) is 1. The summed E-state index contributed by atoms with van der Waals surface area (Å²) in [5, 5.41) is 8.49. The van der Waals surface area contributed by atoms with E-state index in [1.165, 1.54) is 20.8 Å². The van der Waals surface area contributed by atoms with Crippen molar-refractivity contribution in [2.45, 2.75) is 71.5 Å². The number of hydrogen-bond donors (Lipinski definition) is 1. The Kier molecular flexibility index (Phi) is 9.13. The molecule has 0 saturated heterocycles. The molecule has 0 aliphatic carbocycles. The summed E-state index contributed by atoms with van der Waals surface area (Å²) in [7, 11) is 0. The van der Waals surface area contributed by atoms with Crippen molar-refractivity contribution in [1.82, 2.24) is 0 Å². The number of esters is 2. The van der Waals surface area contributed by atoms with Crippen LogP contribution in [0, 0.1) is 0 Å². The van der Waals surface area contributed by atoms with Gasteiger partial charge in [-0.2, -0.15) is 0 Å². The summed E-state index contributed by atoms with van der Waals surface area (Å²) in [6, 6.07) is 0. The number of carbonyl (C=O) groups excluding carboxylic acids is 2. The van der Waals surface area contributed by atoms with E-state index in [0.29, 0.717) is 12.8 Å². The minimum absolute atomic E-state index is 0.185. The number of carboxylic acids is 1. The molecule has 0 aromatic carbocycles. The van der Waals surface area contributed by atoms with Gasteiger partial charge < -0.3 is 14.6 Å². The fourth-order valence-corrected chi connectivity index (χ4v) is 1.73. The lowest BCUT2D eigenvalue weighted by Crippen LogP contribution is -2.34. The van der Waals surface area contributed by atoms with Gasteiger partial charge >= 0.3 is 17.9 Å². The molecule has 0 atom stereocenters. The van der Waals surface area contributed by atoms with Gasteiger partial charge in [-0.15, -0.1) is 0 Å². The zero-order valence-electron chi connectivity index (χ0n) is 13.6. The van der Waals surface area contributed by atoms with Gasteiger partial charge in [0, 0.05) is 32.3 Å². The molecule has 0 fully saturated rings. The van der Waals surface area contributed by atoms with Gasteiger partial charge in [0.2, 0.25) is 0 Å². The highest BCUT2D eigenvalue weighted by Gasteiger charge is 2.27. The Bertz CT molecular complexity index is 411. The molecule has 0 aromatic heterocycles. The molecule has 6 nitrogen and oxygen atoms in total. The minimum atomic E-state index is -1.31. The molecule has 0 amide bonds. The Labute approximate surface area is 131 Å². The van der Waals surface area contributed by atoms with Crippen LogP contribution in [0.3, 0.4) is 0 Å². The fourth-order valence-electron chi connectivity index (χ4n) is 1.73. The van der Waals surface area contributed by atoms with Crippen LogP contribution in [0.1, 0.15) is 65.7 Å². The summed E-state index contributed by atoms with van der Waals surface area (Å²) >= 11 is 0. The molecule has 6 heteroatoms. The van der Waals surface area contributed by atoms with Crippen LogP contribution in [0.2, 0.25) is 0 Å². The monoisotopic (exact) mass is 314 g/mol. The second-order valence-electron chi connectivity index (χ2n) is 5.71. The SMILES string of the molecule is C=C(C)C(=O)OC(C)(C)OC(=O)CCCCCCCC(=O)O. The molecule has 0 spiro atoms. The van der Waals surface area contributed by atoms with E-state index in [2.05, 4.69) is 6.58 Å². The topological polar surface area (TPSA) is 89.9 Å². The summed E-state index contributed by atoms with van der Waals surface area (Å²) in [6.07, 6.45) is 4.30. The first kappa shape index (κ1) is 20.1. The van der Waals surface area contributed by atoms with Gasteiger partial charge in [-0.3, -0.25) is 9.59 Å². The van der Waals surface area contributed by atoms with Crippen LogP contribution < -0.4 is 0 Å². The standard InChI is InChI=1S/C16H26O6/c1-12(2)15(20)22-16(3,4)21-14(19)11-9-7-5-6-8-10-13(17)18/h1,5-11H2,2-4H3,(H,17,18). The van der Waals surface area contributed by atoms with Gasteiger partial charge in [-0.1, -0.05) is 25.8 Å². The Hall–Kier alpha value is -1.85. The molecule has 0 radical (unpaired) electrons. The molecule has 1 N–H and O–H groups in total. The molecule has 22 heavy (non-hydrogen) atoms. The van der Waals surface area contributed by atoms with E-state index < -0.39 is 23.7 Å². The number of aliphatic carboxylic acids is 1. The molecular weight excluding hydrogens is 288 g/mol. The Morgan fingerprint density at radius 1 is 0.955 bits per heavy atom. The van der Waals surface area contributed by atoms with E-state index in [1.807, 2.05) is 0 Å². The first-order valence-corrected chi connectivity index (χ1v) is 7.46. The van der Waals surface area contributed by atoms with E-state index in [9.17, 15) is 14.4 Å². The van der Waals surface area contributed by atoms with Crippen molar-refractivity contribution < 1.29 is 29.0 Å². The number of carbonyl (C=O) groups is 3. The van der Waals surface area contributed by atoms with Crippen LogP contribution in [0.4, 0.5) is 0 Å². The van der Waals surface area contributed by atoms with E-state index >= 15 is 0 Å². The van der Waals surface area contributed by atoms with Gasteiger partial charge in [0.15, 0.2) is 0 Å². The largest absolute Gasteiger partial charge is 0.481 e. The molecule has 0 heterocycles. The molecule has 0 rings (SSSR count). The maximum absolute atomic E-state index is 11.7. The summed E-state index contributed by atoms with van der Waals surface area (Å²) < 4.78 is 10.1. The summed E-state index contributed by atoms with van der Waals surface area (Å²) in [4.78, 5) is 33.4. The number of hydrogen-bond acceptors (Lipinski definition) is 5. The van der Waals surface area contributed by atoms with Gasteiger partial charge in [0.1, 0.15) is 0 Å². The van der Waals surface area contributed by atoms with Crippen molar-refractivity contribution in [3.05, 3.63) is 12.2 Å². The van der Waals surface area contributed by atoms with Crippen LogP contribution in [0.15, 0.2) is 12.2 Å². The Morgan fingerprint density at radius 3 is 1.95 bits per heavy atom.